The molecule has 0 bridgehead atoms. The quantitative estimate of drug-likeness (QED) is 0.276. The molecule has 12 nitrogen and oxygen atoms in total. The number of carboxylic acid groups (broad SMARTS) is 2. The van der Waals surface area contributed by atoms with Crippen LogP contribution in [0.3, 0.4) is 0 Å². The zero-order chi connectivity index (χ0) is 30.9. The molecule has 0 aliphatic carbocycles. The third-order valence-electron chi connectivity index (χ3n) is 5.43. The van der Waals surface area contributed by atoms with Crippen molar-refractivity contribution in [2.75, 3.05) is 73.8 Å². The molecule has 2 N–H and O–H groups in total. The standard InChI is InChI=1S/C23H42N4O4S.C4H4O4/c1-20(2)27(18-19-31-21-10-12-22(13-11-21)32(7,29)30)23(28)26(16-8-14-24(3)4)17-9-15-25(5)6;5-3(6)1-2-4(7)8/h10-13,20H,8-9,14-19H2,1-7H3;1-2H,(H,5,6)(H,7,8). The summed E-state index contributed by atoms with van der Waals surface area (Å²) in [7, 11) is 4.93. The van der Waals surface area contributed by atoms with Crippen LogP contribution in [0, 0.1) is 0 Å². The molecule has 0 heterocycles. The van der Waals surface area contributed by atoms with Crippen LogP contribution >= 0.6 is 0 Å². The number of hydrogen-bond acceptors (Lipinski definition) is 8. The molecule has 13 heteroatoms. The predicted octanol–water partition coefficient (Wildman–Crippen LogP) is 2.22. The lowest BCUT2D eigenvalue weighted by atomic mass is 10.3. The number of sulfone groups is 1. The summed E-state index contributed by atoms with van der Waals surface area (Å²) in [6.07, 6.45) is 4.15. The van der Waals surface area contributed by atoms with E-state index in [9.17, 15) is 22.8 Å². The van der Waals surface area contributed by atoms with Crippen LogP contribution in [0.25, 0.3) is 0 Å². The summed E-state index contributed by atoms with van der Waals surface area (Å²) in [5.41, 5.74) is 0. The van der Waals surface area contributed by atoms with Crippen molar-refractivity contribution < 1.29 is 37.8 Å². The number of urea groups is 1. The molecule has 228 valence electrons. The average Bonchev–Trinajstić information content (AvgIpc) is 2.83. The molecule has 2 amide bonds. The number of aliphatic carboxylic acids is 2. The first-order valence-electron chi connectivity index (χ1n) is 13.0. The minimum atomic E-state index is -3.23. The Labute approximate surface area is 238 Å². The Hall–Kier alpha value is -3.16. The Kier molecular flexibility index (Phi) is 17.5. The molecule has 0 atom stereocenters. The van der Waals surface area contributed by atoms with Gasteiger partial charge in [-0.3, -0.25) is 0 Å². The van der Waals surface area contributed by atoms with Crippen molar-refractivity contribution >= 4 is 27.8 Å². The first-order chi connectivity index (χ1) is 18.5. The van der Waals surface area contributed by atoms with Crippen LogP contribution in [0.4, 0.5) is 4.79 Å². The van der Waals surface area contributed by atoms with Gasteiger partial charge < -0.3 is 34.5 Å². The van der Waals surface area contributed by atoms with E-state index in [4.69, 9.17) is 14.9 Å². The highest BCUT2D eigenvalue weighted by atomic mass is 32.2. The molecule has 0 aliphatic rings. The molecule has 0 aliphatic heterocycles. The first-order valence-corrected chi connectivity index (χ1v) is 14.9. The molecular weight excluding hydrogens is 540 g/mol. The van der Waals surface area contributed by atoms with Crippen molar-refractivity contribution in [1.82, 2.24) is 19.6 Å². The molecule has 0 spiro atoms. The van der Waals surface area contributed by atoms with Crippen molar-refractivity contribution in [2.24, 2.45) is 0 Å². The van der Waals surface area contributed by atoms with E-state index >= 15 is 0 Å². The van der Waals surface area contributed by atoms with E-state index in [1.165, 1.54) is 18.4 Å². The van der Waals surface area contributed by atoms with Crippen LogP contribution in [0.2, 0.25) is 0 Å². The number of carbonyl (C=O) groups excluding carboxylic acids is 1. The SMILES string of the molecule is CC(C)N(CCOc1ccc(S(C)(=O)=O)cc1)C(=O)N(CCCN(C)C)CCCN(C)C.O=C(O)C=CC(=O)O. The number of rotatable bonds is 16. The van der Waals surface area contributed by atoms with E-state index in [-0.39, 0.29) is 17.0 Å². The van der Waals surface area contributed by atoms with Crippen molar-refractivity contribution in [3.8, 4) is 5.75 Å². The van der Waals surface area contributed by atoms with Gasteiger partial charge in [-0.1, -0.05) is 0 Å². The van der Waals surface area contributed by atoms with Gasteiger partial charge in [-0.15, -0.1) is 0 Å². The minimum absolute atomic E-state index is 0.0357. The zero-order valence-electron chi connectivity index (χ0n) is 24.7. The second kappa shape index (κ2) is 19.0. The number of nitrogens with zero attached hydrogens (tertiary/aromatic N) is 4. The van der Waals surface area contributed by atoms with Gasteiger partial charge >= 0.3 is 18.0 Å². The van der Waals surface area contributed by atoms with E-state index in [2.05, 4.69) is 9.80 Å². The molecule has 1 rings (SSSR count). The molecule has 0 fully saturated rings. The van der Waals surface area contributed by atoms with E-state index in [0.717, 1.165) is 39.0 Å². The van der Waals surface area contributed by atoms with Crippen LogP contribution < -0.4 is 4.74 Å². The van der Waals surface area contributed by atoms with Gasteiger partial charge in [0.2, 0.25) is 0 Å². The normalized spacial score (nSPS) is 11.4. The molecule has 1 aromatic rings. The summed E-state index contributed by atoms with van der Waals surface area (Å²) in [5, 5.41) is 15.6. The van der Waals surface area contributed by atoms with Crippen molar-refractivity contribution in [3.63, 3.8) is 0 Å². The lowest BCUT2D eigenvalue weighted by Gasteiger charge is -2.34. The van der Waals surface area contributed by atoms with Gasteiger partial charge in [-0.25, -0.2) is 22.8 Å². The maximum Gasteiger partial charge on any atom is 0.328 e. The highest BCUT2D eigenvalue weighted by Crippen LogP contribution is 2.16. The zero-order valence-corrected chi connectivity index (χ0v) is 25.6. The molecule has 0 unspecified atom stereocenters. The summed E-state index contributed by atoms with van der Waals surface area (Å²) >= 11 is 0. The number of carboxylic acids is 2. The second-order valence-corrected chi connectivity index (χ2v) is 12.0. The van der Waals surface area contributed by atoms with Crippen LogP contribution in [-0.2, 0) is 19.4 Å². The monoisotopic (exact) mass is 586 g/mol. The number of carbonyl (C=O) groups is 3. The van der Waals surface area contributed by atoms with Crippen molar-refractivity contribution in [2.45, 2.75) is 37.6 Å². The predicted molar refractivity (Wildman–Crippen MR) is 155 cm³/mol. The summed E-state index contributed by atoms with van der Waals surface area (Å²) in [5.74, 6) is -1.93. The highest BCUT2D eigenvalue weighted by Gasteiger charge is 2.23. The fourth-order valence-corrected chi connectivity index (χ4v) is 4.03. The second-order valence-electron chi connectivity index (χ2n) is 9.97. The van der Waals surface area contributed by atoms with Crippen LogP contribution in [0.5, 0.6) is 5.75 Å². The first kappa shape index (κ1) is 36.8. The Morgan fingerprint density at radius 3 is 1.62 bits per heavy atom. The smallest absolute Gasteiger partial charge is 0.328 e. The number of hydrogen-bond donors (Lipinski definition) is 2. The highest BCUT2D eigenvalue weighted by molar-refractivity contribution is 7.90. The van der Waals surface area contributed by atoms with Gasteiger partial charge in [0.15, 0.2) is 9.84 Å². The van der Waals surface area contributed by atoms with Crippen LogP contribution in [-0.4, -0.2) is 136 Å². The van der Waals surface area contributed by atoms with E-state index in [1.807, 2.05) is 51.8 Å². The lowest BCUT2D eigenvalue weighted by Crippen LogP contribution is -2.49. The molecule has 0 radical (unpaired) electrons. The summed E-state index contributed by atoms with van der Waals surface area (Å²) < 4.78 is 29.0. The van der Waals surface area contributed by atoms with Crippen molar-refractivity contribution in [1.29, 1.82) is 0 Å². The number of benzene rings is 1. The largest absolute Gasteiger partial charge is 0.492 e. The Morgan fingerprint density at radius 1 is 0.825 bits per heavy atom. The fraction of sp³-hybridized carbons (Fsp3) is 0.593. The van der Waals surface area contributed by atoms with Crippen molar-refractivity contribution in [3.05, 3.63) is 36.4 Å². The maximum absolute atomic E-state index is 13.3. The topological polar surface area (TPSA) is 148 Å². The Bertz CT molecular complexity index is 1010. The third-order valence-corrected chi connectivity index (χ3v) is 6.56. The van der Waals surface area contributed by atoms with E-state index in [0.29, 0.717) is 31.1 Å². The summed E-state index contributed by atoms with van der Waals surface area (Å²) in [4.78, 5) is 40.8. The van der Waals surface area contributed by atoms with Gasteiger partial charge in [0, 0.05) is 37.5 Å². The van der Waals surface area contributed by atoms with Gasteiger partial charge in [0.25, 0.3) is 0 Å². The summed E-state index contributed by atoms with van der Waals surface area (Å²) in [6.45, 7) is 8.14. The number of ether oxygens (including phenoxy) is 1. The minimum Gasteiger partial charge on any atom is -0.492 e. The molecular formula is C27H46N4O8S. The van der Waals surface area contributed by atoms with Gasteiger partial charge in [-0.2, -0.15) is 0 Å². The lowest BCUT2D eigenvalue weighted by molar-refractivity contribution is -0.134. The summed E-state index contributed by atoms with van der Waals surface area (Å²) in [6, 6.07) is 6.44. The van der Waals surface area contributed by atoms with E-state index in [1.54, 1.807) is 12.1 Å². The van der Waals surface area contributed by atoms with Crippen LogP contribution in [0.1, 0.15) is 26.7 Å². The molecule has 0 saturated carbocycles. The third kappa shape index (κ3) is 17.4. The maximum atomic E-state index is 13.3. The van der Waals surface area contributed by atoms with Gasteiger partial charge in [0.05, 0.1) is 11.4 Å². The molecule has 0 aromatic heterocycles. The average molecular weight is 587 g/mol. The molecule has 0 saturated heterocycles. The van der Waals surface area contributed by atoms with E-state index < -0.39 is 21.8 Å². The fourth-order valence-electron chi connectivity index (χ4n) is 3.40. The van der Waals surface area contributed by atoms with Gasteiger partial charge in [-0.05, 0) is 92.2 Å². The number of amides is 2. The Morgan fingerprint density at radius 2 is 1.27 bits per heavy atom. The Balaban J connectivity index is 0.00000165. The molecule has 1 aromatic carbocycles. The molecule has 40 heavy (non-hydrogen) atoms. The van der Waals surface area contributed by atoms with Crippen LogP contribution in [0.15, 0.2) is 41.3 Å². The van der Waals surface area contributed by atoms with Gasteiger partial charge in [0.1, 0.15) is 12.4 Å².